The van der Waals surface area contributed by atoms with E-state index in [2.05, 4.69) is 27.9 Å². The number of benzene rings is 1. The van der Waals surface area contributed by atoms with E-state index in [1.54, 1.807) is 0 Å². The molecule has 3 nitrogen and oxygen atoms in total. The minimum Gasteiger partial charge on any atom is -1.00 e. The van der Waals surface area contributed by atoms with Gasteiger partial charge in [-0.3, -0.25) is 0 Å². The zero-order valence-corrected chi connectivity index (χ0v) is 14.8. The molecule has 0 aliphatic heterocycles. The first-order valence-electron chi connectivity index (χ1n) is 7.42. The predicted octanol–water partition coefficient (Wildman–Crippen LogP) is 0.457. The normalized spacial score (nSPS) is 17.3. The third kappa shape index (κ3) is 6.55. The van der Waals surface area contributed by atoms with Gasteiger partial charge in [0, 0.05) is 17.1 Å². The lowest BCUT2D eigenvalue weighted by atomic mass is 9.94. The number of rotatable bonds is 6. The van der Waals surface area contributed by atoms with Crippen LogP contribution in [0.25, 0.3) is 0 Å². The average Bonchev–Trinajstić information content (AvgIpc) is 2.47. The van der Waals surface area contributed by atoms with Crippen LogP contribution in [0, 0.1) is 0 Å². The maximum atomic E-state index is 10.1. The first-order valence-corrected chi connectivity index (χ1v) is 8.21. The number of hydrogen-bond donors (Lipinski definition) is 1. The zero-order chi connectivity index (χ0) is 14.4. The van der Waals surface area contributed by atoms with Gasteiger partial charge >= 0.3 is 0 Å². The van der Waals surface area contributed by atoms with Gasteiger partial charge in [0.25, 0.3) is 0 Å². The number of hydrogen-bond acceptors (Lipinski definition) is 3. The highest BCUT2D eigenvalue weighted by atomic mass is 79.9. The Morgan fingerprint density at radius 2 is 1.86 bits per heavy atom. The van der Waals surface area contributed by atoms with E-state index in [1.165, 1.54) is 32.1 Å². The quantitative estimate of drug-likeness (QED) is 0.782. The zero-order valence-electron chi connectivity index (χ0n) is 12.5. The van der Waals surface area contributed by atoms with Crippen molar-refractivity contribution in [1.82, 2.24) is 4.90 Å². The summed E-state index contributed by atoms with van der Waals surface area (Å²) in [7, 11) is 2.11. The van der Waals surface area contributed by atoms with Crippen molar-refractivity contribution in [2.24, 2.45) is 0 Å². The lowest BCUT2D eigenvalue weighted by Crippen LogP contribution is -3.00. The average molecular weight is 378 g/mol. The molecule has 5 heteroatoms. The van der Waals surface area contributed by atoms with Crippen molar-refractivity contribution in [3.8, 4) is 5.75 Å². The Balaban J connectivity index is 0.00000220. The molecule has 0 heterocycles. The lowest BCUT2D eigenvalue weighted by Gasteiger charge is -2.32. The molecular weight excluding hydrogens is 354 g/mol. The molecule has 1 unspecified atom stereocenters. The van der Waals surface area contributed by atoms with E-state index < -0.39 is 6.10 Å². The maximum absolute atomic E-state index is 10.1. The van der Waals surface area contributed by atoms with E-state index >= 15 is 0 Å². The third-order valence-corrected chi connectivity index (χ3v) is 4.48. The summed E-state index contributed by atoms with van der Waals surface area (Å²) >= 11 is 3.39. The predicted molar refractivity (Wildman–Crippen MR) is 85.1 cm³/mol. The Labute approximate surface area is 142 Å². The van der Waals surface area contributed by atoms with Crippen molar-refractivity contribution in [2.75, 3.05) is 20.2 Å². The van der Waals surface area contributed by atoms with Gasteiger partial charge in [-0.15, -0.1) is 0 Å². The van der Waals surface area contributed by atoms with Crippen LogP contribution in [0.1, 0.15) is 32.1 Å². The van der Waals surface area contributed by atoms with Crippen LogP contribution in [0.5, 0.6) is 5.75 Å². The molecular formula is C16H24BrClNO2-. The maximum Gasteiger partial charge on any atom is 0.119 e. The first-order chi connectivity index (χ1) is 9.65. The molecule has 0 amide bonds. The topological polar surface area (TPSA) is 32.7 Å². The summed E-state index contributed by atoms with van der Waals surface area (Å²) in [6.07, 6.45) is 6.08. The molecule has 1 aromatic rings. The van der Waals surface area contributed by atoms with Crippen molar-refractivity contribution in [2.45, 2.75) is 44.2 Å². The summed E-state index contributed by atoms with van der Waals surface area (Å²) in [5.74, 6) is 0.799. The highest BCUT2D eigenvalue weighted by Crippen LogP contribution is 2.22. The lowest BCUT2D eigenvalue weighted by molar-refractivity contribution is -0.00000637. The molecule has 0 spiro atoms. The Morgan fingerprint density at radius 3 is 2.48 bits per heavy atom. The van der Waals surface area contributed by atoms with Gasteiger partial charge in [0.2, 0.25) is 0 Å². The van der Waals surface area contributed by atoms with Gasteiger partial charge in [0.15, 0.2) is 0 Å². The van der Waals surface area contributed by atoms with Gasteiger partial charge in [-0.1, -0.05) is 35.2 Å². The van der Waals surface area contributed by atoms with Crippen molar-refractivity contribution in [3.63, 3.8) is 0 Å². The Bertz CT molecular complexity index is 396. The van der Waals surface area contributed by atoms with Gasteiger partial charge < -0.3 is 27.2 Å². The minimum atomic E-state index is -0.439. The van der Waals surface area contributed by atoms with Crippen LogP contribution in [-0.2, 0) is 0 Å². The fourth-order valence-corrected chi connectivity index (χ4v) is 3.04. The summed E-state index contributed by atoms with van der Waals surface area (Å²) in [6.45, 7) is 1.03. The molecule has 1 N–H and O–H groups in total. The Hall–Kier alpha value is -0.290. The second kappa shape index (κ2) is 9.67. The standard InChI is InChI=1S/C16H24BrNO2.ClH/c1-18(14-5-3-2-4-6-14)11-15(19)12-20-16-9-7-13(17)8-10-16;/h7-10,14-15,19H,2-6,11-12H2,1H3;1H/p-1. The van der Waals surface area contributed by atoms with E-state index in [0.29, 0.717) is 19.2 Å². The summed E-state index contributed by atoms with van der Waals surface area (Å²) < 4.78 is 6.64. The number of ether oxygens (including phenoxy) is 1. The molecule has 1 saturated carbocycles. The molecule has 0 bridgehead atoms. The second-order valence-corrected chi connectivity index (χ2v) is 6.57. The van der Waals surface area contributed by atoms with Crippen LogP contribution in [0.4, 0.5) is 0 Å². The molecule has 1 aliphatic rings. The molecule has 0 saturated heterocycles. The number of likely N-dealkylation sites (N-methyl/N-ethyl adjacent to an activating group) is 1. The number of aliphatic hydroxyl groups excluding tert-OH is 1. The summed E-state index contributed by atoms with van der Waals surface area (Å²) in [5.41, 5.74) is 0. The van der Waals surface area contributed by atoms with Crippen molar-refractivity contribution in [1.29, 1.82) is 0 Å². The van der Waals surface area contributed by atoms with Gasteiger partial charge in [0.05, 0.1) is 0 Å². The molecule has 1 aromatic carbocycles. The second-order valence-electron chi connectivity index (χ2n) is 5.65. The fourth-order valence-electron chi connectivity index (χ4n) is 2.78. The van der Waals surface area contributed by atoms with Crippen LogP contribution in [0.15, 0.2) is 28.7 Å². The van der Waals surface area contributed by atoms with Gasteiger partial charge in [-0.2, -0.15) is 0 Å². The summed E-state index contributed by atoms with van der Waals surface area (Å²) in [4.78, 5) is 2.29. The van der Waals surface area contributed by atoms with Crippen molar-refractivity contribution in [3.05, 3.63) is 28.7 Å². The molecule has 1 fully saturated rings. The Kier molecular flexibility index (Phi) is 8.64. The van der Waals surface area contributed by atoms with Crippen molar-refractivity contribution < 1.29 is 22.3 Å². The van der Waals surface area contributed by atoms with Crippen molar-refractivity contribution >= 4 is 15.9 Å². The van der Waals surface area contributed by atoms with Gasteiger partial charge in [-0.05, 0) is 44.2 Å². The van der Waals surface area contributed by atoms with Crippen LogP contribution in [-0.4, -0.2) is 42.4 Å². The fraction of sp³-hybridized carbons (Fsp3) is 0.625. The number of aliphatic hydroxyl groups is 1. The monoisotopic (exact) mass is 376 g/mol. The van der Waals surface area contributed by atoms with Crippen LogP contribution < -0.4 is 17.1 Å². The van der Waals surface area contributed by atoms with E-state index in [9.17, 15) is 5.11 Å². The smallest absolute Gasteiger partial charge is 0.119 e. The molecule has 2 rings (SSSR count). The van der Waals surface area contributed by atoms with E-state index in [1.807, 2.05) is 24.3 Å². The third-order valence-electron chi connectivity index (χ3n) is 3.95. The first kappa shape index (κ1) is 18.8. The highest BCUT2D eigenvalue weighted by Gasteiger charge is 2.20. The molecule has 1 atom stereocenters. The van der Waals surface area contributed by atoms with Gasteiger partial charge in [0.1, 0.15) is 18.5 Å². The van der Waals surface area contributed by atoms with E-state index in [-0.39, 0.29) is 12.4 Å². The Morgan fingerprint density at radius 1 is 1.24 bits per heavy atom. The molecule has 21 heavy (non-hydrogen) atoms. The SMILES string of the molecule is CN(CC(O)COc1ccc(Br)cc1)C1CCCCC1.[Cl-]. The minimum absolute atomic E-state index is 0. The largest absolute Gasteiger partial charge is 1.00 e. The summed E-state index contributed by atoms with van der Waals surface area (Å²) in [6, 6.07) is 8.32. The van der Waals surface area contributed by atoms with Crippen LogP contribution in [0.2, 0.25) is 0 Å². The van der Waals surface area contributed by atoms with Gasteiger partial charge in [-0.25, -0.2) is 0 Å². The number of nitrogens with zero attached hydrogens (tertiary/aromatic N) is 1. The summed E-state index contributed by atoms with van der Waals surface area (Å²) in [5, 5.41) is 10.1. The molecule has 1 aliphatic carbocycles. The molecule has 120 valence electrons. The van der Waals surface area contributed by atoms with E-state index in [0.717, 1.165) is 10.2 Å². The molecule has 0 aromatic heterocycles. The van der Waals surface area contributed by atoms with Crippen LogP contribution >= 0.6 is 15.9 Å². The van der Waals surface area contributed by atoms with E-state index in [4.69, 9.17) is 4.74 Å². The number of halogens is 2. The van der Waals surface area contributed by atoms with Crippen LogP contribution in [0.3, 0.4) is 0 Å². The highest BCUT2D eigenvalue weighted by molar-refractivity contribution is 9.10. The molecule has 0 radical (unpaired) electrons.